The highest BCUT2D eigenvalue weighted by Crippen LogP contribution is 2.05. The van der Waals surface area contributed by atoms with Gasteiger partial charge in [-0.05, 0) is 17.9 Å². The topological polar surface area (TPSA) is 87.1 Å². The average Bonchev–Trinajstić information content (AvgIpc) is 2.50. The first-order valence-electron chi connectivity index (χ1n) is 7.42. The van der Waals surface area contributed by atoms with Gasteiger partial charge in [-0.1, -0.05) is 44.2 Å². The molecule has 0 atom stereocenters. The van der Waals surface area contributed by atoms with Crippen molar-refractivity contribution in [2.24, 2.45) is 5.92 Å². The number of nitrogens with zero attached hydrogens (tertiary/aromatic N) is 3. The fraction of sp³-hybridized carbons (Fsp3) is 0.375. The van der Waals surface area contributed by atoms with Gasteiger partial charge in [-0.25, -0.2) is 4.79 Å². The van der Waals surface area contributed by atoms with Gasteiger partial charge in [0.15, 0.2) is 0 Å². The monoisotopic (exact) mass is 317 g/mol. The lowest BCUT2D eigenvalue weighted by atomic mass is 10.1. The molecule has 0 fully saturated rings. The van der Waals surface area contributed by atoms with Crippen LogP contribution in [-0.2, 0) is 19.5 Å². The van der Waals surface area contributed by atoms with Crippen molar-refractivity contribution in [1.82, 2.24) is 9.13 Å². The Labute approximate surface area is 133 Å². The molecule has 1 heterocycles. The van der Waals surface area contributed by atoms with Gasteiger partial charge < -0.3 is 0 Å². The maximum atomic E-state index is 12.4. The zero-order chi connectivity index (χ0) is 17.0. The molecule has 0 radical (unpaired) electrons. The van der Waals surface area contributed by atoms with Gasteiger partial charge in [0.25, 0.3) is 0 Å². The number of hydrogen-bond donors (Lipinski definition) is 0. The lowest BCUT2D eigenvalue weighted by Crippen LogP contribution is -2.41. The molecule has 122 valence electrons. The van der Waals surface area contributed by atoms with Gasteiger partial charge in [0.1, 0.15) is 0 Å². The Morgan fingerprint density at radius 2 is 1.83 bits per heavy atom. The van der Waals surface area contributed by atoms with Crippen LogP contribution in [0.2, 0.25) is 0 Å². The van der Waals surface area contributed by atoms with Crippen molar-refractivity contribution in [3.05, 3.63) is 73.0 Å². The Balaban J connectivity index is 2.44. The van der Waals surface area contributed by atoms with Crippen LogP contribution in [0, 0.1) is 16.0 Å². The summed E-state index contributed by atoms with van der Waals surface area (Å²) in [5.41, 5.74) is -0.972. The summed E-state index contributed by atoms with van der Waals surface area (Å²) in [6.45, 7) is 4.24. The molecule has 2 aromatic rings. The Kier molecular flexibility index (Phi) is 5.10. The zero-order valence-electron chi connectivity index (χ0n) is 13.1. The van der Waals surface area contributed by atoms with Crippen molar-refractivity contribution in [1.29, 1.82) is 0 Å². The second-order valence-corrected chi connectivity index (χ2v) is 5.79. The molecule has 7 heteroatoms. The van der Waals surface area contributed by atoms with Crippen LogP contribution < -0.4 is 11.2 Å². The summed E-state index contributed by atoms with van der Waals surface area (Å²) >= 11 is 0. The lowest BCUT2D eigenvalue weighted by Gasteiger charge is -2.12. The van der Waals surface area contributed by atoms with Gasteiger partial charge >= 0.3 is 16.9 Å². The first-order chi connectivity index (χ1) is 10.9. The average molecular weight is 317 g/mol. The van der Waals surface area contributed by atoms with Crippen molar-refractivity contribution >= 4 is 5.69 Å². The van der Waals surface area contributed by atoms with Crippen LogP contribution in [0.15, 0.2) is 46.1 Å². The highest BCUT2D eigenvalue weighted by molar-refractivity contribution is 5.22. The molecule has 0 aliphatic rings. The van der Waals surface area contributed by atoms with E-state index < -0.39 is 21.9 Å². The van der Waals surface area contributed by atoms with Crippen molar-refractivity contribution in [3.8, 4) is 0 Å². The van der Waals surface area contributed by atoms with Gasteiger partial charge in [-0.2, -0.15) is 0 Å². The first-order valence-corrected chi connectivity index (χ1v) is 7.42. The van der Waals surface area contributed by atoms with E-state index in [4.69, 9.17) is 0 Å². The Morgan fingerprint density at radius 1 is 1.17 bits per heavy atom. The summed E-state index contributed by atoms with van der Waals surface area (Å²) in [4.78, 5) is 35.0. The molecule has 0 unspecified atom stereocenters. The van der Waals surface area contributed by atoms with Crippen LogP contribution in [0.3, 0.4) is 0 Å². The first kappa shape index (κ1) is 16.7. The molecule has 0 amide bonds. The summed E-state index contributed by atoms with van der Waals surface area (Å²) in [7, 11) is 0. The summed E-state index contributed by atoms with van der Waals surface area (Å²) < 4.78 is 2.20. The molecule has 0 saturated carbocycles. The summed E-state index contributed by atoms with van der Waals surface area (Å²) in [5.74, 6) is 0.132. The van der Waals surface area contributed by atoms with Gasteiger partial charge in [0.05, 0.1) is 11.1 Å². The van der Waals surface area contributed by atoms with Crippen molar-refractivity contribution in [3.63, 3.8) is 0 Å². The number of rotatable bonds is 6. The molecule has 1 aromatic carbocycles. The predicted molar refractivity (Wildman–Crippen MR) is 86.6 cm³/mol. The Morgan fingerprint density at radius 3 is 2.39 bits per heavy atom. The normalized spacial score (nSPS) is 10.9. The molecule has 0 N–H and O–H groups in total. The molecule has 0 aliphatic carbocycles. The van der Waals surface area contributed by atoms with E-state index in [1.165, 1.54) is 4.57 Å². The minimum atomic E-state index is -0.851. The van der Waals surface area contributed by atoms with Crippen LogP contribution in [-0.4, -0.2) is 14.1 Å². The quantitative estimate of drug-likeness (QED) is 0.600. The van der Waals surface area contributed by atoms with E-state index in [1.54, 1.807) is 0 Å². The largest absolute Gasteiger partial charge is 0.350 e. The maximum Gasteiger partial charge on any atom is 0.350 e. The van der Waals surface area contributed by atoms with E-state index >= 15 is 0 Å². The SMILES string of the molecule is CC(C)Cn1cc([N+](=O)[O-])c(=O)n(CCc2ccccc2)c1=O. The highest BCUT2D eigenvalue weighted by Gasteiger charge is 2.20. The van der Waals surface area contributed by atoms with Gasteiger partial charge in [0, 0.05) is 13.1 Å². The zero-order valence-corrected chi connectivity index (χ0v) is 13.1. The summed E-state index contributed by atoms with van der Waals surface area (Å²) in [6.07, 6.45) is 1.50. The van der Waals surface area contributed by atoms with Gasteiger partial charge in [-0.3, -0.25) is 24.0 Å². The Hall–Kier alpha value is -2.70. The van der Waals surface area contributed by atoms with Crippen molar-refractivity contribution < 1.29 is 4.92 Å². The van der Waals surface area contributed by atoms with Crippen molar-refractivity contribution in [2.45, 2.75) is 33.4 Å². The molecule has 7 nitrogen and oxygen atoms in total. The highest BCUT2D eigenvalue weighted by atomic mass is 16.6. The fourth-order valence-electron chi connectivity index (χ4n) is 2.37. The van der Waals surface area contributed by atoms with E-state index in [0.717, 1.165) is 16.3 Å². The van der Waals surface area contributed by atoms with Crippen LogP contribution >= 0.6 is 0 Å². The standard InChI is InChI=1S/C16H19N3O4/c1-12(2)10-17-11-14(19(22)23)15(20)18(16(17)21)9-8-13-6-4-3-5-7-13/h3-7,11-12H,8-10H2,1-2H3. The minimum absolute atomic E-state index is 0.113. The van der Waals surface area contributed by atoms with Crippen LogP contribution in [0.4, 0.5) is 5.69 Å². The van der Waals surface area contributed by atoms with Crippen LogP contribution in [0.5, 0.6) is 0 Å². The predicted octanol–water partition coefficient (Wildman–Crippen LogP) is 1.82. The maximum absolute atomic E-state index is 12.4. The second kappa shape index (κ2) is 7.04. The molecule has 0 bridgehead atoms. The molecule has 2 rings (SSSR count). The van der Waals surface area contributed by atoms with Crippen molar-refractivity contribution in [2.75, 3.05) is 0 Å². The molecular weight excluding hydrogens is 298 g/mol. The third kappa shape index (κ3) is 3.94. The van der Waals surface area contributed by atoms with E-state index in [0.29, 0.717) is 13.0 Å². The smallest absolute Gasteiger partial charge is 0.293 e. The van der Waals surface area contributed by atoms with E-state index in [9.17, 15) is 19.7 Å². The summed E-state index contributed by atoms with van der Waals surface area (Å²) in [5, 5.41) is 11.1. The van der Waals surface area contributed by atoms with E-state index in [2.05, 4.69) is 0 Å². The number of nitro groups is 1. The Bertz CT molecular complexity index is 806. The third-order valence-electron chi connectivity index (χ3n) is 3.44. The van der Waals surface area contributed by atoms with E-state index in [1.807, 2.05) is 44.2 Å². The molecule has 0 saturated heterocycles. The second-order valence-electron chi connectivity index (χ2n) is 5.79. The lowest BCUT2D eigenvalue weighted by molar-refractivity contribution is -0.387. The number of hydrogen-bond acceptors (Lipinski definition) is 4. The minimum Gasteiger partial charge on any atom is -0.293 e. The van der Waals surface area contributed by atoms with Gasteiger partial charge in [-0.15, -0.1) is 0 Å². The molecule has 0 aliphatic heterocycles. The molecule has 23 heavy (non-hydrogen) atoms. The van der Waals surface area contributed by atoms with Crippen LogP contribution in [0.25, 0.3) is 0 Å². The number of aryl methyl sites for hydroxylation is 1. The fourth-order valence-corrected chi connectivity index (χ4v) is 2.37. The molecular formula is C16H19N3O4. The number of benzene rings is 1. The molecule has 1 aromatic heterocycles. The third-order valence-corrected chi connectivity index (χ3v) is 3.44. The molecule has 0 spiro atoms. The van der Waals surface area contributed by atoms with E-state index in [-0.39, 0.29) is 12.5 Å². The number of aromatic nitrogens is 2. The van der Waals surface area contributed by atoms with Gasteiger partial charge in [0.2, 0.25) is 0 Å². The summed E-state index contributed by atoms with van der Waals surface area (Å²) in [6, 6.07) is 9.37. The van der Waals surface area contributed by atoms with Crippen LogP contribution in [0.1, 0.15) is 19.4 Å².